The van der Waals surface area contributed by atoms with Crippen LogP contribution in [0.3, 0.4) is 0 Å². The molecule has 2 aromatic heterocycles. The van der Waals surface area contributed by atoms with Gasteiger partial charge in [0.1, 0.15) is 12.4 Å². The maximum Gasteiger partial charge on any atom is 0.417 e. The van der Waals surface area contributed by atoms with Gasteiger partial charge in [-0.05, 0) is 30.5 Å². The molecule has 1 saturated heterocycles. The molecule has 4 rings (SSSR count). The standard InChI is InChI=1S/C20H18ClF4N5O2/c21-13-3-4-26-16(7-13)28-17(31)10-29-14(5-11-1-2-11)9-30(19(29)32)18-15(22)6-12(8-27-18)20(23,24)25/h3-4,6-8,11,14H,1-2,5,9-10H2,(H,26,28,31)/t14-/m0/s1. The maximum atomic E-state index is 14.4. The number of alkyl halides is 3. The van der Waals surface area contributed by atoms with Crippen LogP contribution in [0.2, 0.25) is 5.02 Å². The zero-order chi connectivity index (χ0) is 23.0. The number of amides is 3. The van der Waals surface area contributed by atoms with Crippen LogP contribution in [0.25, 0.3) is 0 Å². The van der Waals surface area contributed by atoms with Crippen LogP contribution in [0.15, 0.2) is 30.6 Å². The number of urea groups is 1. The molecule has 1 saturated carbocycles. The number of halogens is 5. The number of rotatable bonds is 6. The van der Waals surface area contributed by atoms with E-state index >= 15 is 0 Å². The zero-order valence-electron chi connectivity index (χ0n) is 16.6. The molecule has 0 spiro atoms. The first kappa shape index (κ1) is 22.3. The van der Waals surface area contributed by atoms with Crippen LogP contribution in [-0.2, 0) is 11.0 Å². The van der Waals surface area contributed by atoms with Crippen molar-refractivity contribution < 1.29 is 27.2 Å². The Morgan fingerprint density at radius 3 is 2.62 bits per heavy atom. The Morgan fingerprint density at radius 2 is 2.00 bits per heavy atom. The molecule has 1 atom stereocenters. The molecule has 3 amide bonds. The summed E-state index contributed by atoms with van der Waals surface area (Å²) in [5.41, 5.74) is -1.25. The first-order valence-corrected chi connectivity index (χ1v) is 10.2. The number of hydrogen-bond acceptors (Lipinski definition) is 4. The lowest BCUT2D eigenvalue weighted by Crippen LogP contribution is -2.41. The first-order chi connectivity index (χ1) is 15.1. The van der Waals surface area contributed by atoms with Gasteiger partial charge in [-0.1, -0.05) is 24.4 Å². The third-order valence-corrected chi connectivity index (χ3v) is 5.56. The highest BCUT2D eigenvalue weighted by Gasteiger charge is 2.43. The van der Waals surface area contributed by atoms with Crippen molar-refractivity contribution in [1.82, 2.24) is 14.9 Å². The normalized spacial score (nSPS) is 18.9. The van der Waals surface area contributed by atoms with Gasteiger partial charge in [-0.3, -0.25) is 9.69 Å². The monoisotopic (exact) mass is 471 g/mol. The number of hydrogen-bond donors (Lipinski definition) is 1. The summed E-state index contributed by atoms with van der Waals surface area (Å²) in [5, 5.41) is 2.92. The molecule has 32 heavy (non-hydrogen) atoms. The SMILES string of the molecule is O=C(CN1C(=O)N(c2ncc(C(F)(F)F)cc2F)C[C@@H]1CC1CC1)Nc1cc(Cl)ccn1. The van der Waals surface area contributed by atoms with E-state index in [-0.39, 0.29) is 18.9 Å². The van der Waals surface area contributed by atoms with Crippen molar-refractivity contribution in [1.29, 1.82) is 0 Å². The van der Waals surface area contributed by atoms with E-state index in [1.807, 2.05) is 0 Å². The van der Waals surface area contributed by atoms with Gasteiger partial charge in [-0.2, -0.15) is 13.2 Å². The molecule has 0 bridgehead atoms. The summed E-state index contributed by atoms with van der Waals surface area (Å²) in [7, 11) is 0. The van der Waals surface area contributed by atoms with E-state index in [2.05, 4.69) is 15.3 Å². The van der Waals surface area contributed by atoms with Gasteiger partial charge in [0.05, 0.1) is 11.6 Å². The van der Waals surface area contributed by atoms with Crippen molar-refractivity contribution in [2.75, 3.05) is 23.3 Å². The fourth-order valence-corrected chi connectivity index (χ4v) is 3.77. The van der Waals surface area contributed by atoms with Crippen molar-refractivity contribution >= 4 is 35.2 Å². The summed E-state index contributed by atoms with van der Waals surface area (Å²) in [5.74, 6) is -1.69. The van der Waals surface area contributed by atoms with Gasteiger partial charge in [-0.15, -0.1) is 0 Å². The molecule has 2 aromatic rings. The summed E-state index contributed by atoms with van der Waals surface area (Å²) in [6, 6.07) is 2.19. The lowest BCUT2D eigenvalue weighted by atomic mass is 10.1. The maximum absolute atomic E-state index is 14.4. The van der Waals surface area contributed by atoms with Gasteiger partial charge in [0, 0.05) is 24.0 Å². The average molecular weight is 472 g/mol. The molecule has 0 radical (unpaired) electrons. The summed E-state index contributed by atoms with van der Waals surface area (Å²) >= 11 is 5.87. The molecule has 3 heterocycles. The van der Waals surface area contributed by atoms with Crippen LogP contribution in [0.4, 0.5) is 34.0 Å². The van der Waals surface area contributed by atoms with Gasteiger partial charge in [0.25, 0.3) is 0 Å². The summed E-state index contributed by atoms with van der Waals surface area (Å²) in [6.07, 6.45) is -0.271. The highest BCUT2D eigenvalue weighted by atomic mass is 35.5. The Hall–Kier alpha value is -2.95. The van der Waals surface area contributed by atoms with Crippen LogP contribution in [0.1, 0.15) is 24.8 Å². The second-order valence-electron chi connectivity index (χ2n) is 7.79. The molecular weight excluding hydrogens is 454 g/mol. The molecule has 0 unspecified atom stereocenters. The first-order valence-electron chi connectivity index (χ1n) is 9.84. The van der Waals surface area contributed by atoms with Gasteiger partial charge < -0.3 is 10.2 Å². The Morgan fingerprint density at radius 1 is 1.25 bits per heavy atom. The molecule has 12 heteroatoms. The van der Waals surface area contributed by atoms with Crippen LogP contribution in [0, 0.1) is 11.7 Å². The van der Waals surface area contributed by atoms with E-state index in [1.165, 1.54) is 23.2 Å². The van der Waals surface area contributed by atoms with Gasteiger partial charge in [-0.25, -0.2) is 19.2 Å². The lowest BCUT2D eigenvalue weighted by molar-refractivity contribution is -0.138. The van der Waals surface area contributed by atoms with Gasteiger partial charge in [0.2, 0.25) is 5.91 Å². The van der Waals surface area contributed by atoms with Crippen LogP contribution in [-0.4, -0.2) is 45.9 Å². The molecule has 7 nitrogen and oxygen atoms in total. The van der Waals surface area contributed by atoms with Crippen molar-refractivity contribution in [2.24, 2.45) is 5.92 Å². The summed E-state index contributed by atoms with van der Waals surface area (Å²) in [4.78, 5) is 35.3. The fourth-order valence-electron chi connectivity index (χ4n) is 3.61. The minimum Gasteiger partial charge on any atom is -0.310 e. The van der Waals surface area contributed by atoms with Crippen LogP contribution < -0.4 is 10.2 Å². The van der Waals surface area contributed by atoms with Gasteiger partial charge in [0.15, 0.2) is 11.6 Å². The molecular formula is C20H18ClF4N5O2. The predicted octanol–water partition coefficient (Wildman–Crippen LogP) is 4.34. The minimum atomic E-state index is -4.76. The van der Waals surface area contributed by atoms with Crippen molar-refractivity contribution in [3.8, 4) is 0 Å². The Bertz CT molecular complexity index is 1050. The number of pyridine rings is 2. The number of carbonyl (C=O) groups is 2. The van der Waals surface area contributed by atoms with E-state index in [9.17, 15) is 27.2 Å². The lowest BCUT2D eigenvalue weighted by Gasteiger charge is -2.22. The third kappa shape index (κ3) is 4.93. The Labute approximate surface area is 185 Å². The number of nitrogens with zero attached hydrogens (tertiary/aromatic N) is 4. The number of nitrogens with one attached hydrogen (secondary N) is 1. The molecule has 2 fully saturated rings. The molecule has 170 valence electrons. The third-order valence-electron chi connectivity index (χ3n) is 5.32. The zero-order valence-corrected chi connectivity index (χ0v) is 17.3. The van der Waals surface area contributed by atoms with E-state index in [0.717, 1.165) is 17.7 Å². The summed E-state index contributed by atoms with van der Waals surface area (Å²) < 4.78 is 52.9. The van der Waals surface area contributed by atoms with Gasteiger partial charge >= 0.3 is 12.2 Å². The van der Waals surface area contributed by atoms with E-state index in [1.54, 1.807) is 0 Å². The number of anilines is 2. The van der Waals surface area contributed by atoms with Crippen molar-refractivity contribution in [3.63, 3.8) is 0 Å². The molecule has 0 aromatic carbocycles. The smallest absolute Gasteiger partial charge is 0.310 e. The highest BCUT2D eigenvalue weighted by molar-refractivity contribution is 6.30. The quantitative estimate of drug-likeness (QED) is 0.636. The summed E-state index contributed by atoms with van der Waals surface area (Å²) in [6.45, 7) is -0.309. The van der Waals surface area contributed by atoms with E-state index < -0.39 is 41.4 Å². The molecule has 1 aliphatic carbocycles. The second-order valence-corrected chi connectivity index (χ2v) is 8.23. The van der Waals surface area contributed by atoms with Crippen LogP contribution >= 0.6 is 11.6 Å². The average Bonchev–Trinajstić information content (AvgIpc) is 3.47. The largest absolute Gasteiger partial charge is 0.417 e. The highest BCUT2D eigenvalue weighted by Crippen LogP contribution is 2.38. The Balaban J connectivity index is 1.53. The Kier molecular flexibility index (Phi) is 5.93. The minimum absolute atomic E-state index is 0.0211. The fraction of sp³-hybridized carbons (Fsp3) is 0.400. The van der Waals surface area contributed by atoms with Crippen LogP contribution in [0.5, 0.6) is 0 Å². The molecule has 2 aliphatic rings. The predicted molar refractivity (Wildman–Crippen MR) is 108 cm³/mol. The second kappa shape index (κ2) is 8.53. The number of aromatic nitrogens is 2. The van der Waals surface area contributed by atoms with Crippen molar-refractivity contribution in [3.05, 3.63) is 47.0 Å². The molecule has 1 aliphatic heterocycles. The molecule has 1 N–H and O–H groups in total. The van der Waals surface area contributed by atoms with Crippen molar-refractivity contribution in [2.45, 2.75) is 31.5 Å². The topological polar surface area (TPSA) is 78.4 Å². The van der Waals surface area contributed by atoms with E-state index in [0.29, 0.717) is 29.6 Å². The van der Waals surface area contributed by atoms with E-state index in [4.69, 9.17) is 11.6 Å². The number of carbonyl (C=O) groups excluding carboxylic acids is 2.